The fraction of sp³-hybridized carbons (Fsp3) is 0.294. The third kappa shape index (κ3) is 3.15. The van der Waals surface area contributed by atoms with Gasteiger partial charge in [-0.15, -0.1) is 0 Å². The molecule has 3 rings (SSSR count). The summed E-state index contributed by atoms with van der Waals surface area (Å²) in [5, 5.41) is 0. The topological polar surface area (TPSA) is 35.2 Å². The Balaban J connectivity index is 1.86. The number of rotatable bonds is 5. The lowest BCUT2D eigenvalue weighted by Crippen LogP contribution is -2.08. The lowest BCUT2D eigenvalue weighted by Gasteiger charge is -2.19. The van der Waals surface area contributed by atoms with E-state index >= 15 is 0 Å². The van der Waals surface area contributed by atoms with Crippen LogP contribution in [0.1, 0.15) is 30.1 Å². The highest BCUT2D eigenvalue weighted by atomic mass is 16.5. The summed E-state index contributed by atoms with van der Waals surface area (Å²) < 4.78 is 6.14. The first kappa shape index (κ1) is 12.2. The molecule has 0 aliphatic heterocycles. The van der Waals surface area contributed by atoms with E-state index in [0.29, 0.717) is 0 Å². The van der Waals surface area contributed by atoms with E-state index in [1.54, 1.807) is 0 Å². The molecular formula is C17H19NO. The summed E-state index contributed by atoms with van der Waals surface area (Å²) in [6.07, 6.45) is 2.60. The zero-order chi connectivity index (χ0) is 13.1. The molecule has 0 bridgehead atoms. The molecule has 2 aromatic carbocycles. The van der Waals surface area contributed by atoms with E-state index in [0.717, 1.165) is 23.8 Å². The Morgan fingerprint density at radius 2 is 1.74 bits per heavy atom. The number of ether oxygens (including phenoxy) is 1. The number of benzene rings is 2. The van der Waals surface area contributed by atoms with Crippen LogP contribution in [-0.2, 0) is 4.74 Å². The SMILES string of the molecule is Nc1cccc(C(OCC2CC2)c2ccccc2)c1. The van der Waals surface area contributed by atoms with Crippen LogP contribution >= 0.6 is 0 Å². The average molecular weight is 253 g/mol. The van der Waals surface area contributed by atoms with E-state index in [4.69, 9.17) is 10.5 Å². The maximum absolute atomic E-state index is 6.14. The zero-order valence-electron chi connectivity index (χ0n) is 11.0. The number of anilines is 1. The molecule has 2 aromatic rings. The van der Waals surface area contributed by atoms with Gasteiger partial charge in [-0.05, 0) is 42.0 Å². The predicted molar refractivity (Wildman–Crippen MR) is 77.8 cm³/mol. The number of hydrogen-bond acceptors (Lipinski definition) is 2. The third-order valence-corrected chi connectivity index (χ3v) is 3.51. The number of hydrogen-bond donors (Lipinski definition) is 1. The molecule has 0 amide bonds. The second-order valence-electron chi connectivity index (χ2n) is 5.24. The van der Waals surface area contributed by atoms with Gasteiger partial charge in [-0.2, -0.15) is 0 Å². The van der Waals surface area contributed by atoms with Gasteiger partial charge in [0.15, 0.2) is 0 Å². The quantitative estimate of drug-likeness (QED) is 0.823. The van der Waals surface area contributed by atoms with Crippen LogP contribution in [0.15, 0.2) is 54.6 Å². The van der Waals surface area contributed by atoms with Crippen LogP contribution in [0.5, 0.6) is 0 Å². The monoisotopic (exact) mass is 253 g/mol. The van der Waals surface area contributed by atoms with Crippen LogP contribution < -0.4 is 5.73 Å². The third-order valence-electron chi connectivity index (χ3n) is 3.51. The standard InChI is InChI=1S/C17H19NO/c18-16-8-4-7-15(11-16)17(19-12-13-9-10-13)14-5-2-1-3-6-14/h1-8,11,13,17H,9-10,12,18H2. The van der Waals surface area contributed by atoms with Crippen molar-refractivity contribution in [3.63, 3.8) is 0 Å². The Morgan fingerprint density at radius 3 is 2.42 bits per heavy atom. The molecule has 19 heavy (non-hydrogen) atoms. The van der Waals surface area contributed by atoms with Gasteiger partial charge in [0.1, 0.15) is 6.10 Å². The summed E-state index contributed by atoms with van der Waals surface area (Å²) in [5.41, 5.74) is 8.99. The lowest BCUT2D eigenvalue weighted by atomic mass is 10.0. The van der Waals surface area contributed by atoms with E-state index < -0.39 is 0 Å². The summed E-state index contributed by atoms with van der Waals surface area (Å²) in [6, 6.07) is 18.3. The Kier molecular flexibility index (Phi) is 3.51. The van der Waals surface area contributed by atoms with Crippen LogP contribution in [0.4, 0.5) is 5.69 Å². The van der Waals surface area contributed by atoms with Gasteiger partial charge < -0.3 is 10.5 Å². The van der Waals surface area contributed by atoms with Crippen molar-refractivity contribution in [3.8, 4) is 0 Å². The smallest absolute Gasteiger partial charge is 0.108 e. The molecule has 1 aliphatic carbocycles. The molecule has 1 atom stereocenters. The molecular weight excluding hydrogens is 234 g/mol. The summed E-state index contributed by atoms with van der Waals surface area (Å²) >= 11 is 0. The van der Waals surface area contributed by atoms with Crippen LogP contribution in [0, 0.1) is 5.92 Å². The van der Waals surface area contributed by atoms with Gasteiger partial charge in [0.05, 0.1) is 6.61 Å². The molecule has 0 radical (unpaired) electrons. The van der Waals surface area contributed by atoms with Gasteiger partial charge in [-0.1, -0.05) is 42.5 Å². The minimum absolute atomic E-state index is 0.00898. The Bertz CT molecular complexity index is 534. The molecule has 2 heteroatoms. The first-order chi connectivity index (χ1) is 9.33. The maximum atomic E-state index is 6.14. The van der Waals surface area contributed by atoms with Gasteiger partial charge in [-0.25, -0.2) is 0 Å². The molecule has 2 N–H and O–H groups in total. The molecule has 1 fully saturated rings. The van der Waals surface area contributed by atoms with Crippen molar-refractivity contribution in [2.75, 3.05) is 12.3 Å². The van der Waals surface area contributed by atoms with Gasteiger partial charge in [0.2, 0.25) is 0 Å². The molecule has 1 saturated carbocycles. The second kappa shape index (κ2) is 5.45. The largest absolute Gasteiger partial charge is 0.399 e. The molecule has 1 unspecified atom stereocenters. The molecule has 98 valence electrons. The van der Waals surface area contributed by atoms with Gasteiger partial charge >= 0.3 is 0 Å². The van der Waals surface area contributed by atoms with Crippen molar-refractivity contribution in [2.45, 2.75) is 18.9 Å². The van der Waals surface area contributed by atoms with E-state index in [9.17, 15) is 0 Å². The Morgan fingerprint density at radius 1 is 1.00 bits per heavy atom. The summed E-state index contributed by atoms with van der Waals surface area (Å²) in [4.78, 5) is 0. The Hall–Kier alpha value is -1.80. The summed E-state index contributed by atoms with van der Waals surface area (Å²) in [6.45, 7) is 0.842. The molecule has 0 spiro atoms. The van der Waals surface area contributed by atoms with Crippen molar-refractivity contribution >= 4 is 5.69 Å². The fourth-order valence-electron chi connectivity index (χ4n) is 2.25. The van der Waals surface area contributed by atoms with Gasteiger partial charge in [0.25, 0.3) is 0 Å². The highest BCUT2D eigenvalue weighted by molar-refractivity contribution is 5.43. The average Bonchev–Trinajstić information content (AvgIpc) is 3.25. The fourth-order valence-corrected chi connectivity index (χ4v) is 2.25. The van der Waals surface area contributed by atoms with E-state index in [1.165, 1.54) is 18.4 Å². The number of nitrogens with two attached hydrogens (primary N) is 1. The van der Waals surface area contributed by atoms with E-state index in [-0.39, 0.29) is 6.10 Å². The van der Waals surface area contributed by atoms with Crippen LogP contribution in [0.3, 0.4) is 0 Å². The molecule has 2 nitrogen and oxygen atoms in total. The normalized spacial score (nSPS) is 16.2. The van der Waals surface area contributed by atoms with E-state index in [2.05, 4.69) is 30.3 Å². The second-order valence-corrected chi connectivity index (χ2v) is 5.24. The highest BCUT2D eigenvalue weighted by Crippen LogP contribution is 2.33. The van der Waals surface area contributed by atoms with Crippen LogP contribution in [0.25, 0.3) is 0 Å². The van der Waals surface area contributed by atoms with E-state index in [1.807, 2.05) is 24.3 Å². The minimum atomic E-state index is -0.00898. The zero-order valence-corrected chi connectivity index (χ0v) is 11.0. The molecule has 0 heterocycles. The highest BCUT2D eigenvalue weighted by Gasteiger charge is 2.24. The summed E-state index contributed by atoms with van der Waals surface area (Å²) in [5.74, 6) is 0.757. The maximum Gasteiger partial charge on any atom is 0.108 e. The van der Waals surface area contributed by atoms with Gasteiger partial charge in [0, 0.05) is 5.69 Å². The Labute approximate surface area is 114 Å². The number of nitrogen functional groups attached to an aromatic ring is 1. The molecule has 0 aromatic heterocycles. The first-order valence-corrected chi connectivity index (χ1v) is 6.85. The van der Waals surface area contributed by atoms with Crippen molar-refractivity contribution in [1.82, 2.24) is 0 Å². The lowest BCUT2D eigenvalue weighted by molar-refractivity contribution is 0.0718. The minimum Gasteiger partial charge on any atom is -0.399 e. The molecule has 1 aliphatic rings. The molecule has 0 saturated heterocycles. The van der Waals surface area contributed by atoms with Crippen molar-refractivity contribution in [2.24, 2.45) is 5.92 Å². The van der Waals surface area contributed by atoms with Crippen molar-refractivity contribution < 1.29 is 4.74 Å². The first-order valence-electron chi connectivity index (χ1n) is 6.85. The van der Waals surface area contributed by atoms with Crippen LogP contribution in [0.2, 0.25) is 0 Å². The van der Waals surface area contributed by atoms with Crippen LogP contribution in [-0.4, -0.2) is 6.61 Å². The van der Waals surface area contributed by atoms with Crippen molar-refractivity contribution in [3.05, 3.63) is 65.7 Å². The van der Waals surface area contributed by atoms with Crippen molar-refractivity contribution in [1.29, 1.82) is 0 Å². The predicted octanol–water partition coefficient (Wildman–Crippen LogP) is 3.78. The summed E-state index contributed by atoms with van der Waals surface area (Å²) in [7, 11) is 0. The van der Waals surface area contributed by atoms with Gasteiger partial charge in [-0.3, -0.25) is 0 Å².